The number of aryl methyl sites for hydroxylation is 2. The number of aliphatic carboxylic acids is 1. The lowest BCUT2D eigenvalue weighted by molar-refractivity contribution is -0.138. The van der Waals surface area contributed by atoms with E-state index >= 15 is 0 Å². The molecule has 1 amide bonds. The van der Waals surface area contributed by atoms with Crippen molar-refractivity contribution in [3.8, 4) is 0 Å². The van der Waals surface area contributed by atoms with Gasteiger partial charge in [0.25, 0.3) is 0 Å². The Bertz CT molecular complexity index is 1380. The van der Waals surface area contributed by atoms with Crippen molar-refractivity contribution in [3.63, 3.8) is 0 Å². The molecule has 6 heteroatoms. The Morgan fingerprint density at radius 2 is 1.49 bits per heavy atom. The normalized spacial score (nSPS) is 20.9. The number of aliphatic imine (C=N–C) groups is 1. The quantitative estimate of drug-likeness (QED) is 0.465. The number of carboxylic acids is 1. The third-order valence-corrected chi connectivity index (χ3v) is 7.40. The number of Topliss-reactive ketones (excluding diaryl/α,β-unsaturated/α-hetero) is 1. The van der Waals surface area contributed by atoms with E-state index in [1.807, 2.05) is 62.4 Å². The van der Waals surface area contributed by atoms with Crippen LogP contribution in [0.15, 0.2) is 77.8 Å². The van der Waals surface area contributed by atoms with Crippen molar-refractivity contribution in [1.29, 1.82) is 0 Å². The minimum Gasteiger partial charge on any atom is -0.481 e. The highest BCUT2D eigenvalue weighted by atomic mass is 16.4. The first-order valence-corrected chi connectivity index (χ1v) is 12.7. The maximum Gasteiger partial charge on any atom is 0.303 e. The third-order valence-electron chi connectivity index (χ3n) is 7.40. The number of carbonyl (C=O) groups excluding carboxylic acids is 2. The molecule has 6 nitrogen and oxygen atoms in total. The highest BCUT2D eigenvalue weighted by Gasteiger charge is 2.46. The lowest BCUT2D eigenvalue weighted by atomic mass is 9.72. The Balaban J connectivity index is 1.64. The van der Waals surface area contributed by atoms with Gasteiger partial charge in [0.2, 0.25) is 5.91 Å². The van der Waals surface area contributed by atoms with Crippen molar-refractivity contribution in [2.24, 2.45) is 10.9 Å². The van der Waals surface area contributed by atoms with Crippen LogP contribution in [0.4, 0.5) is 11.4 Å². The molecule has 5 rings (SSSR count). The molecule has 188 valence electrons. The van der Waals surface area contributed by atoms with Crippen LogP contribution >= 0.6 is 0 Å². The molecular formula is C31H30N2O4. The fraction of sp³-hybridized carbons (Fsp3) is 0.290. The number of benzene rings is 3. The van der Waals surface area contributed by atoms with Crippen LogP contribution in [0.5, 0.6) is 0 Å². The van der Waals surface area contributed by atoms with Crippen molar-refractivity contribution in [1.82, 2.24) is 0 Å². The molecule has 3 aromatic carbocycles. The molecule has 3 atom stereocenters. The Kier molecular flexibility index (Phi) is 6.74. The van der Waals surface area contributed by atoms with Gasteiger partial charge in [0.05, 0.1) is 29.8 Å². The lowest BCUT2D eigenvalue weighted by Gasteiger charge is -2.39. The van der Waals surface area contributed by atoms with Crippen LogP contribution in [0, 0.1) is 19.8 Å². The second-order valence-electron chi connectivity index (χ2n) is 10.1. The van der Waals surface area contributed by atoms with E-state index in [1.54, 1.807) is 4.90 Å². The first-order chi connectivity index (χ1) is 17.8. The summed E-state index contributed by atoms with van der Waals surface area (Å²) in [5.74, 6) is -1.90. The number of fused-ring (bicyclic) bond motifs is 2. The summed E-state index contributed by atoms with van der Waals surface area (Å²) >= 11 is 0. The molecule has 0 bridgehead atoms. The van der Waals surface area contributed by atoms with E-state index < -0.39 is 17.9 Å². The highest BCUT2D eigenvalue weighted by molar-refractivity contribution is 6.13. The van der Waals surface area contributed by atoms with E-state index in [1.165, 1.54) is 5.56 Å². The molecule has 1 aliphatic carbocycles. The van der Waals surface area contributed by atoms with E-state index in [4.69, 9.17) is 4.99 Å². The zero-order valence-corrected chi connectivity index (χ0v) is 21.1. The van der Waals surface area contributed by atoms with Crippen LogP contribution in [0.2, 0.25) is 0 Å². The van der Waals surface area contributed by atoms with Crippen LogP contribution in [0.25, 0.3) is 0 Å². The molecule has 2 aliphatic rings. The Labute approximate surface area is 216 Å². The molecule has 3 unspecified atom stereocenters. The zero-order chi connectivity index (χ0) is 26.1. The minimum atomic E-state index is -1.03. The second kappa shape index (κ2) is 10.1. The van der Waals surface area contributed by atoms with Gasteiger partial charge < -0.3 is 10.0 Å². The summed E-state index contributed by atoms with van der Waals surface area (Å²) < 4.78 is 0. The van der Waals surface area contributed by atoms with Gasteiger partial charge in [-0.25, -0.2) is 0 Å². The van der Waals surface area contributed by atoms with Gasteiger partial charge in [-0.05, 0) is 49.4 Å². The number of nitrogens with zero attached hydrogens (tertiary/aromatic N) is 2. The lowest BCUT2D eigenvalue weighted by Crippen LogP contribution is -2.45. The van der Waals surface area contributed by atoms with Crippen molar-refractivity contribution in [3.05, 3.63) is 95.1 Å². The molecule has 1 N–H and O–H groups in total. The standard InChI is InChI=1S/C31H30N2O4/c1-19-7-11-21(12-8-19)23-17-25-30(27(34)18-23)31(22-13-9-20(2)10-14-22)33(28(35)15-16-29(36)37)26-6-4-3-5-24(26)32-25/h3-14,23,30-31H,15-18H2,1-2H3,(H,36,37). The second-order valence-corrected chi connectivity index (χ2v) is 10.1. The van der Waals surface area contributed by atoms with E-state index in [-0.39, 0.29) is 30.4 Å². The van der Waals surface area contributed by atoms with E-state index in [0.717, 1.165) is 22.4 Å². The molecule has 1 saturated carbocycles. The summed E-state index contributed by atoms with van der Waals surface area (Å²) in [5, 5.41) is 9.26. The molecule has 1 fully saturated rings. The van der Waals surface area contributed by atoms with Crippen molar-refractivity contribution in [2.45, 2.75) is 51.5 Å². The van der Waals surface area contributed by atoms with Crippen LogP contribution < -0.4 is 4.90 Å². The van der Waals surface area contributed by atoms with E-state index in [0.29, 0.717) is 24.2 Å². The predicted molar refractivity (Wildman–Crippen MR) is 143 cm³/mol. The molecule has 37 heavy (non-hydrogen) atoms. The first-order valence-electron chi connectivity index (χ1n) is 12.7. The fourth-order valence-electron chi connectivity index (χ4n) is 5.50. The van der Waals surface area contributed by atoms with Crippen molar-refractivity contribution in [2.75, 3.05) is 4.90 Å². The van der Waals surface area contributed by atoms with Gasteiger partial charge >= 0.3 is 5.97 Å². The summed E-state index contributed by atoms with van der Waals surface area (Å²) in [4.78, 5) is 45.6. The van der Waals surface area contributed by atoms with Gasteiger partial charge in [-0.2, -0.15) is 0 Å². The number of para-hydroxylation sites is 2. The third kappa shape index (κ3) is 4.96. The number of carbonyl (C=O) groups is 3. The van der Waals surface area contributed by atoms with Crippen LogP contribution in [0.1, 0.15) is 59.9 Å². The van der Waals surface area contributed by atoms with Gasteiger partial charge in [-0.15, -0.1) is 0 Å². The Hall–Kier alpha value is -4.06. The first kappa shape index (κ1) is 24.6. The van der Waals surface area contributed by atoms with Gasteiger partial charge in [0, 0.05) is 18.6 Å². The summed E-state index contributed by atoms with van der Waals surface area (Å²) in [5.41, 5.74) is 6.19. The van der Waals surface area contributed by atoms with Gasteiger partial charge in [-0.3, -0.25) is 19.4 Å². The summed E-state index contributed by atoms with van der Waals surface area (Å²) in [6.45, 7) is 4.03. The minimum absolute atomic E-state index is 0.0168. The van der Waals surface area contributed by atoms with E-state index in [2.05, 4.69) is 24.3 Å². The summed E-state index contributed by atoms with van der Waals surface area (Å²) in [6, 6.07) is 23.0. The molecular weight excluding hydrogens is 464 g/mol. The number of hydrogen-bond donors (Lipinski definition) is 1. The van der Waals surface area contributed by atoms with Crippen molar-refractivity contribution >= 4 is 34.7 Å². The number of anilines is 1. The topological polar surface area (TPSA) is 87.0 Å². The molecule has 3 aromatic rings. The largest absolute Gasteiger partial charge is 0.481 e. The predicted octanol–water partition coefficient (Wildman–Crippen LogP) is 6.09. The fourth-order valence-corrected chi connectivity index (χ4v) is 5.50. The Morgan fingerprint density at radius 3 is 2.14 bits per heavy atom. The van der Waals surface area contributed by atoms with Crippen LogP contribution in [-0.4, -0.2) is 28.5 Å². The number of hydrogen-bond acceptors (Lipinski definition) is 4. The zero-order valence-electron chi connectivity index (χ0n) is 21.1. The summed E-state index contributed by atoms with van der Waals surface area (Å²) in [6.07, 6.45) is 0.546. The molecule has 1 heterocycles. The SMILES string of the molecule is Cc1ccc(C2CC(=O)C3C(=Nc4ccccc4N(C(=O)CCC(=O)O)C3c3ccc(C)cc3)C2)cc1. The molecule has 0 radical (unpaired) electrons. The molecule has 0 aromatic heterocycles. The maximum atomic E-state index is 14.0. The van der Waals surface area contributed by atoms with Crippen LogP contribution in [0.3, 0.4) is 0 Å². The highest BCUT2D eigenvalue weighted by Crippen LogP contribution is 2.47. The average Bonchev–Trinajstić information content (AvgIpc) is 3.03. The Morgan fingerprint density at radius 1 is 0.865 bits per heavy atom. The molecule has 1 aliphatic heterocycles. The molecule has 0 saturated heterocycles. The summed E-state index contributed by atoms with van der Waals surface area (Å²) in [7, 11) is 0. The van der Waals surface area contributed by atoms with Gasteiger partial charge in [0.15, 0.2) is 0 Å². The number of carboxylic acid groups (broad SMARTS) is 1. The molecule has 0 spiro atoms. The number of ketones is 1. The monoisotopic (exact) mass is 494 g/mol. The van der Waals surface area contributed by atoms with Crippen molar-refractivity contribution < 1.29 is 19.5 Å². The van der Waals surface area contributed by atoms with Gasteiger partial charge in [0.1, 0.15) is 5.78 Å². The van der Waals surface area contributed by atoms with Gasteiger partial charge in [-0.1, -0.05) is 71.8 Å². The van der Waals surface area contributed by atoms with Crippen LogP contribution in [-0.2, 0) is 14.4 Å². The average molecular weight is 495 g/mol. The van der Waals surface area contributed by atoms with E-state index in [9.17, 15) is 19.5 Å². The number of amides is 1. The number of rotatable bonds is 5. The maximum absolute atomic E-state index is 14.0. The smallest absolute Gasteiger partial charge is 0.303 e.